The van der Waals surface area contributed by atoms with Crippen LogP contribution in [0, 0.1) is 17.0 Å². The number of nitrogens with zero attached hydrogens (tertiary/aromatic N) is 3. The second kappa shape index (κ2) is 6.09. The molecule has 0 aliphatic heterocycles. The maximum Gasteiger partial charge on any atom is 0.340 e. The lowest BCUT2D eigenvalue weighted by molar-refractivity contribution is -0.384. The van der Waals surface area contributed by atoms with Crippen molar-refractivity contribution in [1.82, 2.24) is 4.37 Å². The Balaban J connectivity index is 2.15. The van der Waals surface area contributed by atoms with Crippen LogP contribution in [0.25, 0.3) is 0 Å². The van der Waals surface area contributed by atoms with Crippen LogP contribution in [-0.4, -0.2) is 26.6 Å². The van der Waals surface area contributed by atoms with Crippen LogP contribution in [0.3, 0.4) is 0 Å². The molecular weight excluding hydrogens is 296 g/mol. The third kappa shape index (κ3) is 3.39. The quantitative estimate of drug-likeness (QED) is 0.498. The summed E-state index contributed by atoms with van der Waals surface area (Å²) in [4.78, 5) is 21.2. The van der Waals surface area contributed by atoms with Crippen molar-refractivity contribution in [2.75, 3.05) is 5.43 Å². The Morgan fingerprint density at radius 1 is 1.57 bits per heavy atom. The number of hydrogen-bond donors (Lipinski definition) is 2. The first kappa shape index (κ1) is 14.6. The normalized spacial score (nSPS) is 10.7. The molecular formula is C12H10N4O4S. The highest BCUT2D eigenvalue weighted by atomic mass is 32.1. The molecule has 8 nitrogen and oxygen atoms in total. The molecule has 0 aliphatic rings. The molecule has 9 heteroatoms. The van der Waals surface area contributed by atoms with Gasteiger partial charge < -0.3 is 5.11 Å². The largest absolute Gasteiger partial charge is 0.478 e. The maximum atomic E-state index is 11.1. The van der Waals surface area contributed by atoms with Crippen LogP contribution in [0.5, 0.6) is 0 Å². The number of nitro benzene ring substituents is 1. The van der Waals surface area contributed by atoms with Gasteiger partial charge in [0.25, 0.3) is 5.69 Å². The zero-order valence-electron chi connectivity index (χ0n) is 10.8. The molecule has 21 heavy (non-hydrogen) atoms. The van der Waals surface area contributed by atoms with E-state index in [0.29, 0.717) is 16.3 Å². The summed E-state index contributed by atoms with van der Waals surface area (Å²) in [6, 6.07) is 5.92. The monoisotopic (exact) mass is 306 g/mol. The first-order chi connectivity index (χ1) is 9.99. The molecule has 2 aromatic rings. The molecule has 0 saturated carbocycles. The van der Waals surface area contributed by atoms with Gasteiger partial charge in [0, 0.05) is 17.7 Å². The number of benzene rings is 1. The smallest absolute Gasteiger partial charge is 0.340 e. The predicted molar refractivity (Wildman–Crippen MR) is 78.1 cm³/mol. The predicted octanol–water partition coefficient (Wildman–Crippen LogP) is 2.50. The number of aromatic nitrogens is 1. The van der Waals surface area contributed by atoms with Gasteiger partial charge in [-0.15, -0.1) is 0 Å². The number of hydrogen-bond acceptors (Lipinski definition) is 7. The van der Waals surface area contributed by atoms with Crippen molar-refractivity contribution < 1.29 is 14.8 Å². The molecule has 2 N–H and O–H groups in total. The number of nitro groups is 1. The summed E-state index contributed by atoms with van der Waals surface area (Å²) >= 11 is 0.984. The Bertz CT molecular complexity index is 726. The zero-order chi connectivity index (χ0) is 15.4. The third-order valence-electron chi connectivity index (χ3n) is 2.54. The van der Waals surface area contributed by atoms with Gasteiger partial charge in [-0.25, -0.2) is 4.79 Å². The first-order valence-electron chi connectivity index (χ1n) is 5.72. The Hall–Kier alpha value is -2.81. The Morgan fingerprint density at radius 3 is 3.00 bits per heavy atom. The molecule has 0 amide bonds. The SMILES string of the molecule is Cc1nsc(NN=Cc2cccc([N+](=O)[O-])c2)c1C(=O)O. The maximum absolute atomic E-state index is 11.1. The Kier molecular flexibility index (Phi) is 4.24. The van der Waals surface area contributed by atoms with Crippen LogP contribution in [-0.2, 0) is 0 Å². The lowest BCUT2D eigenvalue weighted by Gasteiger charge is -1.98. The van der Waals surface area contributed by atoms with Crippen molar-refractivity contribution >= 4 is 34.4 Å². The fraction of sp³-hybridized carbons (Fsp3) is 0.0833. The number of rotatable bonds is 5. The van der Waals surface area contributed by atoms with E-state index in [-0.39, 0.29) is 11.3 Å². The molecule has 0 fully saturated rings. The van der Waals surface area contributed by atoms with Crippen molar-refractivity contribution in [3.8, 4) is 0 Å². The highest BCUT2D eigenvalue weighted by Gasteiger charge is 2.16. The number of carboxylic acid groups (broad SMARTS) is 1. The molecule has 0 unspecified atom stereocenters. The van der Waals surface area contributed by atoms with Gasteiger partial charge in [0.2, 0.25) is 0 Å². The average Bonchev–Trinajstić information content (AvgIpc) is 2.80. The van der Waals surface area contributed by atoms with E-state index in [0.717, 1.165) is 11.5 Å². The second-order valence-electron chi connectivity index (χ2n) is 4.00. The number of carboxylic acids is 1. The van der Waals surface area contributed by atoms with E-state index >= 15 is 0 Å². The molecule has 0 bridgehead atoms. The van der Waals surface area contributed by atoms with E-state index in [1.54, 1.807) is 19.1 Å². The van der Waals surface area contributed by atoms with Crippen molar-refractivity contribution in [2.45, 2.75) is 6.92 Å². The second-order valence-corrected chi connectivity index (χ2v) is 4.77. The van der Waals surface area contributed by atoms with E-state index in [4.69, 9.17) is 5.11 Å². The van der Waals surface area contributed by atoms with Crippen LogP contribution < -0.4 is 5.43 Å². The summed E-state index contributed by atoms with van der Waals surface area (Å²) in [6.07, 6.45) is 1.37. The van der Waals surface area contributed by atoms with E-state index < -0.39 is 10.9 Å². The van der Waals surface area contributed by atoms with Crippen molar-refractivity contribution in [3.63, 3.8) is 0 Å². The molecule has 0 saturated heterocycles. The van der Waals surface area contributed by atoms with E-state index in [2.05, 4.69) is 14.9 Å². The molecule has 0 radical (unpaired) electrons. The van der Waals surface area contributed by atoms with Crippen LogP contribution in [0.1, 0.15) is 21.6 Å². The van der Waals surface area contributed by atoms with Gasteiger partial charge >= 0.3 is 5.97 Å². The summed E-state index contributed by atoms with van der Waals surface area (Å²) in [6.45, 7) is 1.59. The van der Waals surface area contributed by atoms with Crippen LogP contribution in [0.2, 0.25) is 0 Å². The number of anilines is 1. The molecule has 1 heterocycles. The highest BCUT2D eigenvalue weighted by Crippen LogP contribution is 2.24. The summed E-state index contributed by atoms with van der Waals surface area (Å²) in [5, 5.41) is 23.9. The lowest BCUT2D eigenvalue weighted by Crippen LogP contribution is -2.01. The molecule has 0 aliphatic carbocycles. The number of hydrazone groups is 1. The van der Waals surface area contributed by atoms with E-state index in [9.17, 15) is 14.9 Å². The van der Waals surface area contributed by atoms with Gasteiger partial charge in [-0.05, 0) is 18.5 Å². The fourth-order valence-electron chi connectivity index (χ4n) is 1.58. The van der Waals surface area contributed by atoms with Gasteiger partial charge in [-0.1, -0.05) is 12.1 Å². The number of aryl methyl sites for hydroxylation is 1. The van der Waals surface area contributed by atoms with Gasteiger partial charge in [-0.3, -0.25) is 15.5 Å². The molecule has 2 rings (SSSR count). The van der Waals surface area contributed by atoms with Gasteiger partial charge in [-0.2, -0.15) is 9.47 Å². The number of non-ortho nitro benzene ring substituents is 1. The standard InChI is InChI=1S/C12H10N4O4S/c1-7-10(12(17)18)11(21-15-7)14-13-6-8-3-2-4-9(5-8)16(19)20/h2-6,14H,1H3,(H,17,18). The summed E-state index contributed by atoms with van der Waals surface area (Å²) < 4.78 is 3.94. The van der Waals surface area contributed by atoms with Crippen molar-refractivity contribution in [3.05, 3.63) is 51.2 Å². The summed E-state index contributed by atoms with van der Waals surface area (Å²) in [5.41, 5.74) is 3.54. The van der Waals surface area contributed by atoms with Gasteiger partial charge in [0.05, 0.1) is 16.8 Å². The molecule has 1 aromatic heterocycles. The summed E-state index contributed by atoms with van der Waals surface area (Å²) in [5.74, 6) is -1.09. The summed E-state index contributed by atoms with van der Waals surface area (Å²) in [7, 11) is 0. The van der Waals surface area contributed by atoms with Crippen LogP contribution in [0.15, 0.2) is 29.4 Å². The minimum absolute atomic E-state index is 0.0428. The molecule has 0 spiro atoms. The Morgan fingerprint density at radius 2 is 2.33 bits per heavy atom. The van der Waals surface area contributed by atoms with E-state index in [1.165, 1.54) is 18.3 Å². The highest BCUT2D eigenvalue weighted by molar-refractivity contribution is 7.10. The number of aromatic carboxylic acids is 1. The lowest BCUT2D eigenvalue weighted by atomic mass is 10.2. The minimum atomic E-state index is -1.09. The van der Waals surface area contributed by atoms with E-state index in [1.807, 2.05) is 0 Å². The average molecular weight is 306 g/mol. The minimum Gasteiger partial charge on any atom is -0.478 e. The molecule has 1 aromatic carbocycles. The topological polar surface area (TPSA) is 118 Å². The molecule has 108 valence electrons. The van der Waals surface area contributed by atoms with Crippen molar-refractivity contribution in [2.24, 2.45) is 5.10 Å². The van der Waals surface area contributed by atoms with Gasteiger partial charge in [0.1, 0.15) is 10.6 Å². The number of carbonyl (C=O) groups is 1. The van der Waals surface area contributed by atoms with Gasteiger partial charge in [0.15, 0.2) is 0 Å². The molecule has 0 atom stereocenters. The fourth-order valence-corrected chi connectivity index (χ4v) is 2.32. The van der Waals surface area contributed by atoms with Crippen LogP contribution >= 0.6 is 11.5 Å². The first-order valence-corrected chi connectivity index (χ1v) is 6.49. The van der Waals surface area contributed by atoms with Crippen molar-refractivity contribution in [1.29, 1.82) is 0 Å². The number of nitrogens with one attached hydrogen (secondary N) is 1. The van der Waals surface area contributed by atoms with Crippen LogP contribution in [0.4, 0.5) is 10.7 Å². The third-order valence-corrected chi connectivity index (χ3v) is 3.38. The Labute approximate surface area is 123 Å². The zero-order valence-corrected chi connectivity index (χ0v) is 11.6.